The maximum Gasteiger partial charge on any atom is 0.238 e. The minimum atomic E-state index is -3.74. The maximum absolute atomic E-state index is 13.1. The summed E-state index contributed by atoms with van der Waals surface area (Å²) in [5.41, 5.74) is 2.33. The summed E-state index contributed by atoms with van der Waals surface area (Å²) >= 11 is 6.73. The van der Waals surface area contributed by atoms with Gasteiger partial charge in [0.2, 0.25) is 10.0 Å². The van der Waals surface area contributed by atoms with E-state index >= 15 is 0 Å². The molecular formula is C15H11FN2O2S3. The van der Waals surface area contributed by atoms with Crippen LogP contribution >= 0.6 is 23.6 Å². The average molecular weight is 366 g/mol. The molecule has 3 rings (SSSR count). The molecule has 0 saturated heterocycles. The summed E-state index contributed by atoms with van der Waals surface area (Å²) in [6.07, 6.45) is 0. The van der Waals surface area contributed by atoms with Crippen molar-refractivity contribution >= 4 is 33.6 Å². The van der Waals surface area contributed by atoms with Gasteiger partial charge in [-0.1, -0.05) is 0 Å². The molecule has 0 radical (unpaired) electrons. The molecule has 8 heteroatoms. The highest BCUT2D eigenvalue weighted by Gasteiger charge is 2.11. The van der Waals surface area contributed by atoms with E-state index in [4.69, 9.17) is 17.4 Å². The second kappa shape index (κ2) is 5.97. The highest BCUT2D eigenvalue weighted by Crippen LogP contribution is 2.28. The summed E-state index contributed by atoms with van der Waals surface area (Å²) in [5, 5.41) is 6.98. The van der Waals surface area contributed by atoms with Gasteiger partial charge in [-0.25, -0.2) is 17.9 Å². The third-order valence-corrected chi connectivity index (χ3v) is 5.38. The number of benzene rings is 2. The van der Waals surface area contributed by atoms with Gasteiger partial charge in [-0.15, -0.1) is 11.3 Å². The topological polar surface area (TPSA) is 65.1 Å². The number of halogens is 1. The number of aromatic nitrogens is 1. The summed E-state index contributed by atoms with van der Waals surface area (Å²) in [7, 11) is -3.74. The van der Waals surface area contributed by atoms with Crippen LogP contribution in [0.15, 0.2) is 58.8 Å². The third-order valence-electron chi connectivity index (χ3n) is 3.26. The normalized spacial score (nSPS) is 11.6. The van der Waals surface area contributed by atoms with E-state index in [0.717, 1.165) is 11.3 Å². The van der Waals surface area contributed by atoms with E-state index in [0.29, 0.717) is 9.64 Å². The van der Waals surface area contributed by atoms with Crippen LogP contribution in [0.25, 0.3) is 16.9 Å². The Balaban J connectivity index is 2.12. The molecule has 4 nitrogen and oxygen atoms in total. The largest absolute Gasteiger partial charge is 0.292 e. The smallest absolute Gasteiger partial charge is 0.238 e. The van der Waals surface area contributed by atoms with Crippen LogP contribution in [0.2, 0.25) is 0 Å². The lowest BCUT2D eigenvalue weighted by Crippen LogP contribution is -2.12. The Hall–Kier alpha value is -1.87. The third kappa shape index (κ3) is 3.25. The average Bonchev–Trinajstić information content (AvgIpc) is 2.89. The summed E-state index contributed by atoms with van der Waals surface area (Å²) in [5.74, 6) is -0.313. The zero-order chi connectivity index (χ0) is 16.6. The predicted octanol–water partition coefficient (Wildman–Crippen LogP) is 3.72. The van der Waals surface area contributed by atoms with E-state index in [1.807, 2.05) is 5.38 Å². The minimum absolute atomic E-state index is 0.0336. The Labute approximate surface area is 141 Å². The standard InChI is InChI=1S/C15H11FN2O2S3/c16-11-3-1-10(2-4-11)14-9-22-15(21)18(14)12-5-7-13(8-6-12)23(17,19)20/h1-9H,(H2,17,19,20). The number of nitrogens with two attached hydrogens (primary N) is 1. The van der Waals surface area contributed by atoms with E-state index in [9.17, 15) is 12.8 Å². The molecule has 0 aliphatic heterocycles. The first kappa shape index (κ1) is 16.0. The van der Waals surface area contributed by atoms with Crippen molar-refractivity contribution in [1.82, 2.24) is 4.57 Å². The van der Waals surface area contributed by atoms with Crippen LogP contribution in [-0.2, 0) is 10.0 Å². The van der Waals surface area contributed by atoms with Gasteiger partial charge >= 0.3 is 0 Å². The number of hydrogen-bond donors (Lipinski definition) is 1. The summed E-state index contributed by atoms with van der Waals surface area (Å²) < 4.78 is 38.2. The van der Waals surface area contributed by atoms with E-state index in [-0.39, 0.29) is 10.7 Å². The van der Waals surface area contributed by atoms with E-state index in [2.05, 4.69) is 0 Å². The lowest BCUT2D eigenvalue weighted by Gasteiger charge is -2.09. The Bertz CT molecular complexity index is 1000. The first-order chi connectivity index (χ1) is 10.9. The van der Waals surface area contributed by atoms with Gasteiger partial charge in [0.15, 0.2) is 3.95 Å². The molecule has 118 valence electrons. The molecule has 0 unspecified atom stereocenters. The van der Waals surface area contributed by atoms with Gasteiger partial charge in [0.05, 0.1) is 10.6 Å². The number of primary sulfonamides is 1. The molecule has 2 N–H and O–H groups in total. The monoisotopic (exact) mass is 366 g/mol. The predicted molar refractivity (Wildman–Crippen MR) is 91.2 cm³/mol. The quantitative estimate of drug-likeness (QED) is 0.719. The van der Waals surface area contributed by atoms with Gasteiger partial charge in [0.25, 0.3) is 0 Å². The molecule has 3 aromatic rings. The van der Waals surface area contributed by atoms with Gasteiger partial charge in [0, 0.05) is 11.1 Å². The zero-order valence-electron chi connectivity index (χ0n) is 11.6. The fourth-order valence-corrected chi connectivity index (χ4v) is 3.78. The zero-order valence-corrected chi connectivity index (χ0v) is 14.1. The van der Waals surface area contributed by atoms with Gasteiger partial charge in [-0.2, -0.15) is 0 Å². The molecule has 0 atom stereocenters. The Morgan fingerprint density at radius 3 is 2.22 bits per heavy atom. The van der Waals surface area contributed by atoms with E-state index in [1.54, 1.807) is 28.8 Å². The van der Waals surface area contributed by atoms with E-state index in [1.165, 1.54) is 35.6 Å². The maximum atomic E-state index is 13.1. The Morgan fingerprint density at radius 2 is 1.65 bits per heavy atom. The molecule has 0 saturated carbocycles. The second-order valence-electron chi connectivity index (χ2n) is 4.77. The molecule has 0 spiro atoms. The SMILES string of the molecule is NS(=O)(=O)c1ccc(-n2c(-c3ccc(F)cc3)csc2=S)cc1. The second-order valence-corrected chi connectivity index (χ2v) is 7.83. The molecule has 0 fully saturated rings. The highest BCUT2D eigenvalue weighted by atomic mass is 32.2. The number of rotatable bonds is 3. The van der Waals surface area contributed by atoms with Crippen molar-refractivity contribution in [2.24, 2.45) is 5.14 Å². The van der Waals surface area contributed by atoms with E-state index < -0.39 is 10.0 Å². The lowest BCUT2D eigenvalue weighted by atomic mass is 10.1. The Kier molecular flexibility index (Phi) is 4.15. The molecule has 0 aliphatic carbocycles. The van der Waals surface area contributed by atoms with Crippen LogP contribution < -0.4 is 5.14 Å². The van der Waals surface area contributed by atoms with Gasteiger partial charge < -0.3 is 0 Å². The van der Waals surface area contributed by atoms with Crippen molar-refractivity contribution in [1.29, 1.82) is 0 Å². The van der Waals surface area contributed by atoms with Gasteiger partial charge in [0.1, 0.15) is 5.82 Å². The van der Waals surface area contributed by atoms with Crippen molar-refractivity contribution in [2.75, 3.05) is 0 Å². The van der Waals surface area contributed by atoms with Crippen LogP contribution in [0.5, 0.6) is 0 Å². The summed E-state index contributed by atoms with van der Waals surface area (Å²) in [6.45, 7) is 0. The molecule has 23 heavy (non-hydrogen) atoms. The van der Waals surface area contributed by atoms with Crippen LogP contribution in [0.4, 0.5) is 4.39 Å². The number of thiazole rings is 1. The van der Waals surface area contributed by atoms with Crippen LogP contribution in [0, 0.1) is 9.77 Å². The molecule has 0 amide bonds. The van der Waals surface area contributed by atoms with Gasteiger partial charge in [-0.05, 0) is 66.3 Å². The van der Waals surface area contributed by atoms with Crippen molar-refractivity contribution in [3.8, 4) is 16.9 Å². The fraction of sp³-hybridized carbons (Fsp3) is 0. The number of nitrogens with zero attached hydrogens (tertiary/aromatic N) is 1. The Morgan fingerprint density at radius 1 is 1.04 bits per heavy atom. The summed E-state index contributed by atoms with van der Waals surface area (Å²) in [6, 6.07) is 12.2. The van der Waals surface area contributed by atoms with Gasteiger partial charge in [-0.3, -0.25) is 4.57 Å². The highest BCUT2D eigenvalue weighted by molar-refractivity contribution is 7.89. The summed E-state index contributed by atoms with van der Waals surface area (Å²) in [4.78, 5) is 0.0336. The lowest BCUT2D eigenvalue weighted by molar-refractivity contribution is 0.598. The van der Waals surface area contributed by atoms with Crippen LogP contribution in [-0.4, -0.2) is 13.0 Å². The molecule has 0 aliphatic rings. The fourth-order valence-electron chi connectivity index (χ4n) is 2.16. The molecular weight excluding hydrogens is 355 g/mol. The van der Waals surface area contributed by atoms with Crippen molar-refractivity contribution in [2.45, 2.75) is 4.90 Å². The molecule has 0 bridgehead atoms. The van der Waals surface area contributed by atoms with Crippen molar-refractivity contribution in [3.63, 3.8) is 0 Å². The number of sulfonamides is 1. The minimum Gasteiger partial charge on any atom is -0.292 e. The van der Waals surface area contributed by atoms with Crippen molar-refractivity contribution in [3.05, 3.63) is 63.7 Å². The first-order valence-corrected chi connectivity index (χ1v) is 9.29. The molecule has 1 heterocycles. The molecule has 2 aromatic carbocycles. The van der Waals surface area contributed by atoms with Crippen LogP contribution in [0.3, 0.4) is 0 Å². The first-order valence-electron chi connectivity index (χ1n) is 6.46. The number of hydrogen-bond acceptors (Lipinski definition) is 4. The van der Waals surface area contributed by atoms with Crippen LogP contribution in [0.1, 0.15) is 0 Å². The molecule has 1 aromatic heterocycles. The van der Waals surface area contributed by atoms with Crippen molar-refractivity contribution < 1.29 is 12.8 Å².